The first-order valence-corrected chi connectivity index (χ1v) is 11.1. The van der Waals surface area contributed by atoms with Crippen molar-refractivity contribution in [2.75, 3.05) is 16.9 Å². The van der Waals surface area contributed by atoms with Crippen molar-refractivity contribution in [1.29, 1.82) is 0 Å². The number of nitrogens with one attached hydrogen (secondary N) is 2. The number of hydrogen-bond acceptors (Lipinski definition) is 3. The molecule has 1 heterocycles. The second-order valence-electron chi connectivity index (χ2n) is 6.87. The number of rotatable bonds is 4. The first-order valence-electron chi connectivity index (χ1n) is 9.26. The van der Waals surface area contributed by atoms with Crippen LogP contribution in [0.2, 0.25) is 0 Å². The fourth-order valence-electron chi connectivity index (χ4n) is 3.55. The second-order valence-corrected chi connectivity index (χ2v) is 8.88. The maximum Gasteiger partial charge on any atom is 0.323 e. The zero-order valence-electron chi connectivity index (χ0n) is 16.1. The summed E-state index contributed by atoms with van der Waals surface area (Å²) in [7, 11) is -3.27. The fraction of sp³-hybridized carbons (Fsp3) is 0.136. The number of carbonyl (C=O) groups excluding carboxylic acids is 1. The highest BCUT2D eigenvalue weighted by Crippen LogP contribution is 2.31. The molecule has 0 radical (unpaired) electrons. The van der Waals surface area contributed by atoms with Crippen LogP contribution in [-0.4, -0.2) is 25.3 Å². The average Bonchev–Trinajstić information content (AvgIpc) is 3.01. The Labute approximate surface area is 169 Å². The van der Waals surface area contributed by atoms with Gasteiger partial charge < -0.3 is 15.2 Å². The largest absolute Gasteiger partial charge is 0.341 e. The molecule has 0 unspecified atom stereocenters. The molecule has 0 atom stereocenters. The smallest absolute Gasteiger partial charge is 0.323 e. The number of aryl methyl sites for hydroxylation is 1. The molecule has 0 spiro atoms. The molecular formula is C22H21N3O3S. The van der Waals surface area contributed by atoms with Crippen molar-refractivity contribution in [3.63, 3.8) is 0 Å². The molecule has 148 valence electrons. The molecule has 7 heteroatoms. The number of para-hydroxylation sites is 1. The van der Waals surface area contributed by atoms with E-state index in [0.29, 0.717) is 11.4 Å². The Bertz CT molecular complexity index is 1320. The molecule has 3 aromatic carbocycles. The standard InChI is InChI=1S/C22H21N3O3S/c1-3-25-20-7-5-4-6-18(20)19-14-16(10-13-21(19)25)24-22(26)23-15-8-11-17(12-9-15)29(2,27)28/h4-14H,3H2,1-2H3,(H2,23,24,26). The molecule has 0 bridgehead atoms. The van der Waals surface area contributed by atoms with Gasteiger partial charge in [-0.1, -0.05) is 18.2 Å². The number of sulfone groups is 1. The van der Waals surface area contributed by atoms with Crippen LogP contribution in [0, 0.1) is 0 Å². The van der Waals surface area contributed by atoms with E-state index in [-0.39, 0.29) is 4.90 Å². The molecule has 0 aliphatic rings. The normalized spacial score (nSPS) is 11.7. The zero-order valence-corrected chi connectivity index (χ0v) is 17.0. The summed E-state index contributed by atoms with van der Waals surface area (Å²) in [4.78, 5) is 12.6. The van der Waals surface area contributed by atoms with Crippen molar-refractivity contribution < 1.29 is 13.2 Å². The molecular weight excluding hydrogens is 386 g/mol. The van der Waals surface area contributed by atoms with Crippen LogP contribution in [-0.2, 0) is 16.4 Å². The van der Waals surface area contributed by atoms with Crippen molar-refractivity contribution in [2.45, 2.75) is 18.4 Å². The molecule has 0 fully saturated rings. The average molecular weight is 407 g/mol. The number of anilines is 2. The number of benzene rings is 3. The number of carbonyl (C=O) groups is 1. The summed E-state index contributed by atoms with van der Waals surface area (Å²) in [6.45, 7) is 2.97. The maximum absolute atomic E-state index is 12.4. The van der Waals surface area contributed by atoms with Gasteiger partial charge in [-0.3, -0.25) is 0 Å². The van der Waals surface area contributed by atoms with Crippen LogP contribution >= 0.6 is 0 Å². The van der Waals surface area contributed by atoms with E-state index in [0.717, 1.165) is 34.6 Å². The van der Waals surface area contributed by atoms with Gasteiger partial charge >= 0.3 is 6.03 Å². The molecule has 2 N–H and O–H groups in total. The lowest BCUT2D eigenvalue weighted by Crippen LogP contribution is -2.19. The molecule has 4 aromatic rings. The van der Waals surface area contributed by atoms with Gasteiger partial charge in [0.15, 0.2) is 9.84 Å². The molecule has 29 heavy (non-hydrogen) atoms. The molecule has 6 nitrogen and oxygen atoms in total. The number of amides is 2. The second kappa shape index (κ2) is 7.25. The van der Waals surface area contributed by atoms with Crippen LogP contribution in [0.3, 0.4) is 0 Å². The molecule has 2 amide bonds. The Balaban J connectivity index is 1.58. The third kappa shape index (κ3) is 3.69. The van der Waals surface area contributed by atoms with Crippen LogP contribution < -0.4 is 10.6 Å². The maximum atomic E-state index is 12.4. The Hall–Kier alpha value is -3.32. The highest BCUT2D eigenvalue weighted by atomic mass is 32.2. The summed E-state index contributed by atoms with van der Waals surface area (Å²) in [5, 5.41) is 7.79. The van der Waals surface area contributed by atoms with Gasteiger partial charge in [0.25, 0.3) is 0 Å². The summed E-state index contributed by atoms with van der Waals surface area (Å²) < 4.78 is 25.3. The van der Waals surface area contributed by atoms with Crippen molar-refractivity contribution in [1.82, 2.24) is 4.57 Å². The molecule has 4 rings (SSSR count). The van der Waals surface area contributed by atoms with Crippen LogP contribution in [0.25, 0.3) is 21.8 Å². The van der Waals surface area contributed by atoms with E-state index in [1.165, 1.54) is 12.1 Å². The minimum atomic E-state index is -3.27. The monoisotopic (exact) mass is 407 g/mol. The summed E-state index contributed by atoms with van der Waals surface area (Å²) in [5.74, 6) is 0. The summed E-state index contributed by atoms with van der Waals surface area (Å²) in [5.41, 5.74) is 3.48. The zero-order chi connectivity index (χ0) is 20.6. The number of aromatic nitrogens is 1. The highest BCUT2D eigenvalue weighted by Gasteiger charge is 2.11. The van der Waals surface area contributed by atoms with E-state index in [4.69, 9.17) is 0 Å². The Kier molecular flexibility index (Phi) is 4.76. The lowest BCUT2D eigenvalue weighted by molar-refractivity contribution is 0.262. The van der Waals surface area contributed by atoms with Crippen LogP contribution in [0.4, 0.5) is 16.2 Å². The van der Waals surface area contributed by atoms with E-state index in [9.17, 15) is 13.2 Å². The van der Waals surface area contributed by atoms with Gasteiger partial charge in [0.05, 0.1) is 4.90 Å². The third-order valence-corrected chi connectivity index (χ3v) is 6.02. The highest BCUT2D eigenvalue weighted by molar-refractivity contribution is 7.90. The predicted octanol–water partition coefficient (Wildman–Crippen LogP) is 4.86. The van der Waals surface area contributed by atoms with Crippen molar-refractivity contribution in [2.24, 2.45) is 0 Å². The number of nitrogens with zero attached hydrogens (tertiary/aromatic N) is 1. The SMILES string of the molecule is CCn1c2ccccc2c2cc(NC(=O)Nc3ccc(S(C)(=O)=O)cc3)ccc21. The van der Waals surface area contributed by atoms with Crippen LogP contribution in [0.5, 0.6) is 0 Å². The minimum absolute atomic E-state index is 0.209. The topological polar surface area (TPSA) is 80.2 Å². The quantitative estimate of drug-likeness (QED) is 0.507. The van der Waals surface area contributed by atoms with Crippen molar-refractivity contribution in [3.8, 4) is 0 Å². The molecule has 1 aromatic heterocycles. The van der Waals surface area contributed by atoms with E-state index >= 15 is 0 Å². The molecule has 0 saturated heterocycles. The number of fused-ring (bicyclic) bond motifs is 3. The van der Waals surface area contributed by atoms with E-state index in [1.807, 2.05) is 30.3 Å². The fourth-order valence-corrected chi connectivity index (χ4v) is 4.18. The van der Waals surface area contributed by atoms with Gasteiger partial charge in [0.1, 0.15) is 0 Å². The Morgan fingerprint density at radius 2 is 1.48 bits per heavy atom. The molecule has 0 saturated carbocycles. The first kappa shape index (κ1) is 19.0. The van der Waals surface area contributed by atoms with Gasteiger partial charge in [-0.15, -0.1) is 0 Å². The van der Waals surface area contributed by atoms with Crippen LogP contribution in [0.1, 0.15) is 6.92 Å². The first-order chi connectivity index (χ1) is 13.9. The molecule has 0 aliphatic carbocycles. The van der Waals surface area contributed by atoms with Gasteiger partial charge in [-0.05, 0) is 55.5 Å². The van der Waals surface area contributed by atoms with Crippen molar-refractivity contribution in [3.05, 3.63) is 66.7 Å². The van der Waals surface area contributed by atoms with Gasteiger partial charge in [0, 0.05) is 46.0 Å². The third-order valence-electron chi connectivity index (χ3n) is 4.89. The number of hydrogen-bond donors (Lipinski definition) is 2. The number of urea groups is 1. The van der Waals surface area contributed by atoms with Gasteiger partial charge in [-0.25, -0.2) is 13.2 Å². The predicted molar refractivity (Wildman–Crippen MR) is 117 cm³/mol. The van der Waals surface area contributed by atoms with E-state index in [1.54, 1.807) is 12.1 Å². The van der Waals surface area contributed by atoms with Crippen molar-refractivity contribution >= 4 is 49.0 Å². The lowest BCUT2D eigenvalue weighted by atomic mass is 10.1. The minimum Gasteiger partial charge on any atom is -0.341 e. The molecule has 0 aliphatic heterocycles. The van der Waals surface area contributed by atoms with Crippen LogP contribution in [0.15, 0.2) is 71.6 Å². The lowest BCUT2D eigenvalue weighted by Gasteiger charge is -2.09. The van der Waals surface area contributed by atoms with Gasteiger partial charge in [-0.2, -0.15) is 0 Å². The van der Waals surface area contributed by atoms with Gasteiger partial charge in [0.2, 0.25) is 0 Å². The summed E-state index contributed by atoms with van der Waals surface area (Å²) in [6.07, 6.45) is 1.15. The summed E-state index contributed by atoms with van der Waals surface area (Å²) >= 11 is 0. The van der Waals surface area contributed by atoms with E-state index in [2.05, 4.69) is 34.3 Å². The Morgan fingerprint density at radius 1 is 0.862 bits per heavy atom. The van der Waals surface area contributed by atoms with E-state index < -0.39 is 15.9 Å². The summed E-state index contributed by atoms with van der Waals surface area (Å²) in [6, 6.07) is 19.7. The Morgan fingerprint density at radius 3 is 2.17 bits per heavy atom.